The van der Waals surface area contributed by atoms with Crippen LogP contribution in [0.4, 0.5) is 17.1 Å². The van der Waals surface area contributed by atoms with Crippen molar-refractivity contribution in [2.24, 2.45) is 0 Å². The van der Waals surface area contributed by atoms with Crippen LogP contribution in [0.2, 0.25) is 0 Å². The van der Waals surface area contributed by atoms with Gasteiger partial charge in [-0.2, -0.15) is 0 Å². The normalized spacial score (nSPS) is 13.5. The molecule has 2 aliphatic carbocycles. The van der Waals surface area contributed by atoms with Crippen molar-refractivity contribution >= 4 is 38.9 Å². The number of para-hydroxylation sites is 2. The van der Waals surface area contributed by atoms with Crippen molar-refractivity contribution in [1.82, 2.24) is 4.57 Å². The molecule has 1 aromatic heterocycles. The maximum atomic E-state index is 2.49. The summed E-state index contributed by atoms with van der Waals surface area (Å²) < 4.78 is 2.43. The Morgan fingerprint density at radius 3 is 1.18 bits per heavy atom. The Morgan fingerprint density at radius 1 is 0.250 bits per heavy atom. The fourth-order valence-electron chi connectivity index (χ4n) is 13.4. The second kappa shape index (κ2) is 17.4. The smallest absolute Gasteiger partial charge is 0.0714 e. The molecule has 0 amide bonds. The van der Waals surface area contributed by atoms with E-state index in [-0.39, 0.29) is 0 Å². The van der Waals surface area contributed by atoms with Crippen molar-refractivity contribution in [1.29, 1.82) is 0 Å². The first-order valence-corrected chi connectivity index (χ1v) is 26.4. The molecule has 0 atom stereocenters. The molecule has 356 valence electrons. The van der Waals surface area contributed by atoms with Crippen LogP contribution in [0.3, 0.4) is 0 Å². The van der Waals surface area contributed by atoms with E-state index < -0.39 is 10.8 Å². The van der Waals surface area contributed by atoms with Crippen molar-refractivity contribution in [2.45, 2.75) is 10.8 Å². The molecule has 0 fully saturated rings. The quantitative estimate of drug-likeness (QED) is 0.140. The van der Waals surface area contributed by atoms with Crippen molar-refractivity contribution < 1.29 is 0 Å². The van der Waals surface area contributed by atoms with Crippen LogP contribution >= 0.6 is 0 Å². The van der Waals surface area contributed by atoms with Crippen LogP contribution in [0.5, 0.6) is 0 Å². The van der Waals surface area contributed by atoms with Crippen LogP contribution in [0.15, 0.2) is 303 Å². The molecule has 0 radical (unpaired) electrons. The highest BCUT2D eigenvalue weighted by atomic mass is 15.1. The van der Waals surface area contributed by atoms with Crippen LogP contribution in [0.25, 0.3) is 60.9 Å². The van der Waals surface area contributed by atoms with Crippen molar-refractivity contribution in [3.05, 3.63) is 348 Å². The van der Waals surface area contributed by atoms with Gasteiger partial charge in [-0.3, -0.25) is 0 Å². The standard InChI is InChI=1S/C74H50N2/c1-6-22-53(23-7-1)73(54-24-8-2-9-25-54)67-35-19-18-34-63(67)64-45-44-60(50-70(64)73)75(57-28-12-4-13-29-57)59-42-38-51(39-43-59)52-40-46-71-65(48-52)66-49-56(41-47-72(66)76(71)58-30-14-5-15-31-58)74(55-26-10-3-11-27-55)68-36-20-16-32-61(68)62-33-17-21-37-69(62)74/h1-50H. The fraction of sp³-hybridized carbons (Fsp3) is 0.0270. The minimum absolute atomic E-state index is 0.505. The van der Waals surface area contributed by atoms with Gasteiger partial charge in [-0.15, -0.1) is 0 Å². The molecule has 0 saturated carbocycles. The number of fused-ring (bicyclic) bond motifs is 9. The van der Waals surface area contributed by atoms with Crippen LogP contribution < -0.4 is 4.90 Å². The summed E-state index contributed by atoms with van der Waals surface area (Å²) in [4.78, 5) is 2.41. The lowest BCUT2D eigenvalue weighted by molar-refractivity contribution is 0.768. The molecule has 0 unspecified atom stereocenters. The minimum Gasteiger partial charge on any atom is -0.310 e. The summed E-state index contributed by atoms with van der Waals surface area (Å²) in [5, 5.41) is 2.44. The first-order chi connectivity index (χ1) is 37.7. The van der Waals surface area contributed by atoms with Gasteiger partial charge in [-0.05, 0) is 151 Å². The maximum absolute atomic E-state index is 2.49. The molecule has 76 heavy (non-hydrogen) atoms. The highest BCUT2D eigenvalue weighted by molar-refractivity contribution is 6.11. The third-order valence-corrected chi connectivity index (χ3v) is 16.5. The second-order valence-corrected chi connectivity index (χ2v) is 20.3. The average Bonchev–Trinajstić information content (AvgIpc) is 4.28. The Labute approximate surface area is 443 Å². The molecule has 15 rings (SSSR count). The fourth-order valence-corrected chi connectivity index (χ4v) is 13.4. The summed E-state index contributed by atoms with van der Waals surface area (Å²) in [6.45, 7) is 0. The Bertz CT molecular complexity index is 4230. The predicted octanol–water partition coefficient (Wildman–Crippen LogP) is 18.6. The first kappa shape index (κ1) is 43.8. The van der Waals surface area contributed by atoms with E-state index in [9.17, 15) is 0 Å². The van der Waals surface area contributed by atoms with E-state index in [1.165, 1.54) is 94.1 Å². The highest BCUT2D eigenvalue weighted by Gasteiger charge is 2.47. The molecule has 12 aromatic carbocycles. The van der Waals surface area contributed by atoms with E-state index in [4.69, 9.17) is 0 Å². The van der Waals surface area contributed by atoms with Gasteiger partial charge < -0.3 is 9.47 Å². The minimum atomic E-state index is -0.506. The summed E-state index contributed by atoms with van der Waals surface area (Å²) in [6, 6.07) is 112. The average molecular weight is 967 g/mol. The van der Waals surface area contributed by atoms with E-state index >= 15 is 0 Å². The molecule has 0 aliphatic heterocycles. The summed E-state index contributed by atoms with van der Waals surface area (Å²) in [5.41, 5.74) is 23.5. The van der Waals surface area contributed by atoms with E-state index in [1.54, 1.807) is 0 Å². The molecular formula is C74H50N2. The van der Waals surface area contributed by atoms with Gasteiger partial charge in [0, 0.05) is 33.5 Å². The second-order valence-electron chi connectivity index (χ2n) is 20.3. The molecule has 0 saturated heterocycles. The Kier molecular flexibility index (Phi) is 10.0. The number of benzene rings is 12. The maximum Gasteiger partial charge on any atom is 0.0714 e. The van der Waals surface area contributed by atoms with E-state index in [2.05, 4.69) is 313 Å². The van der Waals surface area contributed by atoms with Gasteiger partial charge in [-0.1, -0.05) is 231 Å². The summed E-state index contributed by atoms with van der Waals surface area (Å²) >= 11 is 0. The molecule has 2 aliphatic rings. The molecule has 0 spiro atoms. The SMILES string of the molecule is c1ccc(N(c2ccc(-c3ccc4c(c3)c3cc(C5(c6ccccc6)c6ccccc6-c6ccccc65)ccc3n4-c3ccccc3)cc2)c2ccc3c(c2)C(c2ccccc2)(c2ccccc2)c2ccccc2-3)cc1. The molecule has 2 nitrogen and oxygen atoms in total. The van der Waals surface area contributed by atoms with Crippen LogP contribution in [-0.4, -0.2) is 4.57 Å². The third-order valence-electron chi connectivity index (χ3n) is 16.5. The molecule has 0 N–H and O–H groups in total. The third kappa shape index (κ3) is 6.41. The number of anilines is 3. The Morgan fingerprint density at radius 2 is 0.645 bits per heavy atom. The lowest BCUT2D eigenvalue weighted by Gasteiger charge is -2.35. The van der Waals surface area contributed by atoms with Crippen LogP contribution in [-0.2, 0) is 10.8 Å². The zero-order valence-electron chi connectivity index (χ0n) is 41.8. The summed E-state index contributed by atoms with van der Waals surface area (Å²) in [7, 11) is 0. The number of rotatable bonds is 9. The molecule has 13 aromatic rings. The van der Waals surface area contributed by atoms with Gasteiger partial charge >= 0.3 is 0 Å². The molecular weight excluding hydrogens is 917 g/mol. The van der Waals surface area contributed by atoms with Crippen molar-refractivity contribution in [3.63, 3.8) is 0 Å². The first-order valence-electron chi connectivity index (χ1n) is 26.4. The van der Waals surface area contributed by atoms with E-state index in [1.807, 2.05) is 0 Å². The van der Waals surface area contributed by atoms with Gasteiger partial charge in [0.05, 0.1) is 21.9 Å². The van der Waals surface area contributed by atoms with Gasteiger partial charge in [-0.25, -0.2) is 0 Å². The lowest BCUT2D eigenvalue weighted by Crippen LogP contribution is -2.28. The molecule has 1 heterocycles. The van der Waals surface area contributed by atoms with Crippen LogP contribution in [0.1, 0.15) is 44.5 Å². The van der Waals surface area contributed by atoms with Gasteiger partial charge in [0.2, 0.25) is 0 Å². The molecule has 2 heteroatoms. The van der Waals surface area contributed by atoms with Gasteiger partial charge in [0.15, 0.2) is 0 Å². The number of hydrogen-bond donors (Lipinski definition) is 0. The van der Waals surface area contributed by atoms with Gasteiger partial charge in [0.1, 0.15) is 0 Å². The molecule has 0 bridgehead atoms. The van der Waals surface area contributed by atoms with E-state index in [0.717, 1.165) is 28.3 Å². The topological polar surface area (TPSA) is 8.17 Å². The lowest BCUT2D eigenvalue weighted by atomic mass is 9.67. The number of aromatic nitrogens is 1. The van der Waals surface area contributed by atoms with Crippen molar-refractivity contribution in [2.75, 3.05) is 4.90 Å². The van der Waals surface area contributed by atoms with Crippen LogP contribution in [0, 0.1) is 0 Å². The largest absolute Gasteiger partial charge is 0.310 e. The number of nitrogens with zero attached hydrogens (tertiary/aromatic N) is 2. The number of hydrogen-bond acceptors (Lipinski definition) is 1. The Balaban J connectivity index is 0.888. The van der Waals surface area contributed by atoms with E-state index in [0.29, 0.717) is 0 Å². The summed E-state index contributed by atoms with van der Waals surface area (Å²) in [5.74, 6) is 0. The summed E-state index contributed by atoms with van der Waals surface area (Å²) in [6.07, 6.45) is 0. The monoisotopic (exact) mass is 966 g/mol. The Hall–Kier alpha value is -9.76. The zero-order chi connectivity index (χ0) is 50.2. The predicted molar refractivity (Wildman–Crippen MR) is 316 cm³/mol. The highest BCUT2D eigenvalue weighted by Crippen LogP contribution is 2.59. The van der Waals surface area contributed by atoms with Gasteiger partial charge in [0.25, 0.3) is 0 Å². The zero-order valence-corrected chi connectivity index (χ0v) is 41.8. The van der Waals surface area contributed by atoms with Crippen molar-refractivity contribution in [3.8, 4) is 39.1 Å².